The smallest absolute Gasteiger partial charge is 0.329 e. The quantitative estimate of drug-likeness (QED) is 0.207. The van der Waals surface area contributed by atoms with Gasteiger partial charge in [0, 0.05) is 17.1 Å². The van der Waals surface area contributed by atoms with Gasteiger partial charge in [-0.25, -0.2) is 9.59 Å². The number of rotatable bonds is 12. The van der Waals surface area contributed by atoms with Crippen molar-refractivity contribution in [3.8, 4) is 5.75 Å². The van der Waals surface area contributed by atoms with Crippen LogP contribution in [0.4, 0.5) is 10.5 Å². The minimum Gasteiger partial charge on any atom is -0.489 e. The number of esters is 1. The Morgan fingerprint density at radius 1 is 0.810 bits per heavy atom. The molecule has 3 rings (SSSR count). The van der Waals surface area contributed by atoms with Crippen molar-refractivity contribution in [2.45, 2.75) is 71.8 Å². The molecule has 8 nitrogen and oxygen atoms in total. The zero-order chi connectivity index (χ0) is 30.7. The summed E-state index contributed by atoms with van der Waals surface area (Å²) in [6.45, 7) is 9.65. The maximum Gasteiger partial charge on any atom is 0.329 e. The van der Waals surface area contributed by atoms with Crippen LogP contribution in [0.25, 0.3) is 0 Å². The van der Waals surface area contributed by atoms with Crippen molar-refractivity contribution >= 4 is 35.2 Å². The second-order valence-corrected chi connectivity index (χ2v) is 11.9. The molecular weight excluding hydrogens is 554 g/mol. The first-order valence-electron chi connectivity index (χ1n) is 14.0. The van der Waals surface area contributed by atoms with Gasteiger partial charge in [-0.05, 0) is 80.6 Å². The summed E-state index contributed by atoms with van der Waals surface area (Å²) in [5, 5.41) is 8.82. The van der Waals surface area contributed by atoms with Gasteiger partial charge in [-0.1, -0.05) is 67.9 Å². The minimum absolute atomic E-state index is 0.0972. The van der Waals surface area contributed by atoms with E-state index in [4.69, 9.17) is 21.1 Å². The summed E-state index contributed by atoms with van der Waals surface area (Å²) in [7, 11) is 0. The molecule has 0 bridgehead atoms. The summed E-state index contributed by atoms with van der Waals surface area (Å²) < 4.78 is 11.5. The lowest BCUT2D eigenvalue weighted by Gasteiger charge is -2.27. The lowest BCUT2D eigenvalue weighted by molar-refractivity contribution is -0.158. The highest BCUT2D eigenvalue weighted by molar-refractivity contribution is 6.30. The number of carbonyl (C=O) groups excluding carboxylic acids is 3. The third kappa shape index (κ3) is 11.4. The summed E-state index contributed by atoms with van der Waals surface area (Å²) in [4.78, 5) is 39.4. The fourth-order valence-electron chi connectivity index (χ4n) is 4.10. The van der Waals surface area contributed by atoms with E-state index in [0.29, 0.717) is 29.5 Å². The number of halogens is 1. The monoisotopic (exact) mass is 593 g/mol. The van der Waals surface area contributed by atoms with Crippen molar-refractivity contribution in [2.75, 3.05) is 5.32 Å². The molecule has 3 aromatic carbocycles. The Hall–Kier alpha value is -4.04. The van der Waals surface area contributed by atoms with Gasteiger partial charge in [0.15, 0.2) is 0 Å². The molecule has 0 unspecified atom stereocenters. The van der Waals surface area contributed by atoms with Crippen LogP contribution in [-0.4, -0.2) is 35.6 Å². The van der Waals surface area contributed by atoms with E-state index in [1.165, 1.54) is 0 Å². The van der Waals surface area contributed by atoms with Crippen LogP contribution in [0.5, 0.6) is 5.75 Å². The Bertz CT molecular complexity index is 1310. The van der Waals surface area contributed by atoms with Gasteiger partial charge in [0.25, 0.3) is 0 Å². The highest BCUT2D eigenvalue weighted by atomic mass is 35.5. The summed E-state index contributed by atoms with van der Waals surface area (Å²) in [6, 6.07) is 21.5. The van der Waals surface area contributed by atoms with E-state index in [1.54, 1.807) is 45.0 Å². The molecule has 0 aliphatic rings. The fraction of sp³-hybridized carbons (Fsp3) is 0.364. The second kappa shape index (κ2) is 15.3. The fourth-order valence-corrected chi connectivity index (χ4v) is 4.22. The molecule has 0 spiro atoms. The Kier molecular flexibility index (Phi) is 11.8. The van der Waals surface area contributed by atoms with E-state index in [1.807, 2.05) is 68.4 Å². The summed E-state index contributed by atoms with van der Waals surface area (Å²) in [5.41, 5.74) is 1.65. The van der Waals surface area contributed by atoms with Crippen molar-refractivity contribution in [3.05, 3.63) is 95.0 Å². The standard InChI is InChI=1S/C33H40ClN3O5/c1-22(2)19-28(37-32(40)35-26-15-13-25(34)14-16-26)30(38)36-29(31(39)42-33(3,4)5)20-23-11-17-27(18-12-23)41-21-24-9-7-6-8-10-24/h6-18,22,28-29H,19-21H2,1-5H3,(H,36,38)(H2,35,37,40)/t28-,29-/m0/s1. The van der Waals surface area contributed by atoms with Crippen LogP contribution >= 0.6 is 11.6 Å². The predicted molar refractivity (Wildman–Crippen MR) is 166 cm³/mol. The average molecular weight is 594 g/mol. The number of hydrogen-bond donors (Lipinski definition) is 3. The molecule has 0 radical (unpaired) electrons. The van der Waals surface area contributed by atoms with Gasteiger partial charge in [-0.2, -0.15) is 0 Å². The molecule has 0 saturated carbocycles. The zero-order valence-corrected chi connectivity index (χ0v) is 25.5. The molecule has 2 atom stereocenters. The van der Waals surface area contributed by atoms with Gasteiger partial charge in [-0.3, -0.25) is 4.79 Å². The predicted octanol–water partition coefficient (Wildman–Crippen LogP) is 6.52. The van der Waals surface area contributed by atoms with Crippen molar-refractivity contribution in [1.82, 2.24) is 10.6 Å². The maximum atomic E-state index is 13.5. The number of nitrogens with one attached hydrogen (secondary N) is 3. The molecule has 0 heterocycles. The van der Waals surface area contributed by atoms with Crippen molar-refractivity contribution in [2.24, 2.45) is 5.92 Å². The molecular formula is C33H40ClN3O5. The topological polar surface area (TPSA) is 106 Å². The zero-order valence-electron chi connectivity index (χ0n) is 24.8. The number of amides is 3. The third-order valence-electron chi connectivity index (χ3n) is 6.05. The first kappa shape index (κ1) is 32.5. The van der Waals surface area contributed by atoms with Gasteiger partial charge >= 0.3 is 12.0 Å². The van der Waals surface area contributed by atoms with Crippen LogP contribution < -0.4 is 20.7 Å². The Morgan fingerprint density at radius 3 is 2.05 bits per heavy atom. The van der Waals surface area contributed by atoms with E-state index in [9.17, 15) is 14.4 Å². The maximum absolute atomic E-state index is 13.5. The average Bonchev–Trinajstić information content (AvgIpc) is 2.92. The number of benzene rings is 3. The van der Waals surface area contributed by atoms with Gasteiger partial charge in [0.1, 0.15) is 30.0 Å². The molecule has 9 heteroatoms. The SMILES string of the molecule is CC(C)C[C@H](NC(=O)Nc1ccc(Cl)cc1)C(=O)N[C@@H](Cc1ccc(OCc2ccccc2)cc1)C(=O)OC(C)(C)C. The van der Waals surface area contributed by atoms with E-state index >= 15 is 0 Å². The first-order valence-corrected chi connectivity index (χ1v) is 14.4. The lowest BCUT2D eigenvalue weighted by atomic mass is 10.0. The van der Waals surface area contributed by atoms with Crippen LogP contribution in [0.1, 0.15) is 52.2 Å². The number of anilines is 1. The molecule has 0 fully saturated rings. The van der Waals surface area contributed by atoms with Crippen LogP contribution in [0, 0.1) is 5.92 Å². The van der Waals surface area contributed by atoms with E-state index in [2.05, 4.69) is 16.0 Å². The van der Waals surface area contributed by atoms with Crippen LogP contribution in [0.2, 0.25) is 5.02 Å². The molecule has 3 aromatic rings. The van der Waals surface area contributed by atoms with E-state index < -0.39 is 35.6 Å². The Labute approximate surface area is 253 Å². The van der Waals surface area contributed by atoms with Crippen LogP contribution in [-0.2, 0) is 27.4 Å². The van der Waals surface area contributed by atoms with Crippen molar-refractivity contribution in [1.29, 1.82) is 0 Å². The van der Waals surface area contributed by atoms with Crippen molar-refractivity contribution < 1.29 is 23.9 Å². The van der Waals surface area contributed by atoms with Gasteiger partial charge in [0.2, 0.25) is 5.91 Å². The van der Waals surface area contributed by atoms with Crippen molar-refractivity contribution in [3.63, 3.8) is 0 Å². The van der Waals surface area contributed by atoms with Crippen LogP contribution in [0.3, 0.4) is 0 Å². The molecule has 0 aliphatic carbocycles. The molecule has 3 amide bonds. The van der Waals surface area contributed by atoms with E-state index in [0.717, 1.165) is 11.1 Å². The second-order valence-electron chi connectivity index (χ2n) is 11.5. The highest BCUT2D eigenvalue weighted by Crippen LogP contribution is 2.18. The van der Waals surface area contributed by atoms with Gasteiger partial charge in [-0.15, -0.1) is 0 Å². The molecule has 0 saturated heterocycles. The number of carbonyl (C=O) groups is 3. The number of urea groups is 1. The number of ether oxygens (including phenoxy) is 2. The van der Waals surface area contributed by atoms with Gasteiger partial charge < -0.3 is 25.4 Å². The highest BCUT2D eigenvalue weighted by Gasteiger charge is 2.30. The normalized spacial score (nSPS) is 12.6. The molecule has 224 valence electrons. The molecule has 0 aromatic heterocycles. The molecule has 42 heavy (non-hydrogen) atoms. The molecule has 0 aliphatic heterocycles. The minimum atomic E-state index is -0.969. The Balaban J connectivity index is 1.70. The third-order valence-corrected chi connectivity index (χ3v) is 6.30. The van der Waals surface area contributed by atoms with Crippen LogP contribution in [0.15, 0.2) is 78.9 Å². The summed E-state index contributed by atoms with van der Waals surface area (Å²) >= 11 is 5.92. The summed E-state index contributed by atoms with van der Waals surface area (Å²) in [6.07, 6.45) is 0.569. The lowest BCUT2D eigenvalue weighted by Crippen LogP contribution is -2.54. The molecule has 3 N–H and O–H groups in total. The van der Waals surface area contributed by atoms with Gasteiger partial charge in [0.05, 0.1) is 0 Å². The first-order chi connectivity index (χ1) is 19.9. The number of hydrogen-bond acceptors (Lipinski definition) is 5. The Morgan fingerprint density at radius 2 is 1.45 bits per heavy atom. The largest absolute Gasteiger partial charge is 0.489 e. The van der Waals surface area contributed by atoms with E-state index in [-0.39, 0.29) is 12.3 Å². The summed E-state index contributed by atoms with van der Waals surface area (Å²) in [5.74, 6) is -0.254.